The van der Waals surface area contributed by atoms with E-state index in [2.05, 4.69) is 5.32 Å². The zero-order valence-electron chi connectivity index (χ0n) is 15.3. The highest BCUT2D eigenvalue weighted by atomic mass is 35.5. The van der Waals surface area contributed by atoms with Crippen LogP contribution in [-0.2, 0) is 14.6 Å². The smallest absolute Gasteiger partial charge is 0.244 e. The van der Waals surface area contributed by atoms with Gasteiger partial charge in [-0.2, -0.15) is 0 Å². The number of primary amides is 1. The van der Waals surface area contributed by atoms with Crippen LogP contribution in [0.1, 0.15) is 11.6 Å². The molecule has 1 unspecified atom stereocenters. The summed E-state index contributed by atoms with van der Waals surface area (Å²) >= 11 is 5.99. The summed E-state index contributed by atoms with van der Waals surface area (Å²) in [5.41, 5.74) is 6.25. The van der Waals surface area contributed by atoms with Crippen LogP contribution >= 0.6 is 11.6 Å². The zero-order chi connectivity index (χ0) is 20.9. The van der Waals surface area contributed by atoms with E-state index in [4.69, 9.17) is 31.9 Å². The minimum atomic E-state index is -3.51. The molecule has 28 heavy (non-hydrogen) atoms. The van der Waals surface area contributed by atoms with Crippen LogP contribution in [0.15, 0.2) is 41.3 Å². The van der Waals surface area contributed by atoms with Crippen LogP contribution in [-0.4, -0.2) is 46.0 Å². The molecule has 8 nitrogen and oxygen atoms in total. The highest BCUT2D eigenvalue weighted by Gasteiger charge is 2.23. The predicted octanol–water partition coefficient (Wildman–Crippen LogP) is 1.76. The summed E-state index contributed by atoms with van der Waals surface area (Å²) < 4.78 is 34.4. The third-order valence-corrected chi connectivity index (χ3v) is 5.10. The minimum Gasteiger partial charge on any atom is -0.497 e. The minimum absolute atomic E-state index is 0.00376. The van der Waals surface area contributed by atoms with E-state index in [9.17, 15) is 13.2 Å². The topological polar surface area (TPSA) is 128 Å². The molecule has 0 aliphatic rings. The SMILES string of the molecule is COc1cc(NC(C(N)=O)c2ccc(Cl)cc2OCCO)cc(S(C)(=O)=O)c1. The van der Waals surface area contributed by atoms with Crippen LogP contribution in [0.4, 0.5) is 5.69 Å². The number of methoxy groups -OCH3 is 1. The van der Waals surface area contributed by atoms with Crippen molar-refractivity contribution in [1.82, 2.24) is 0 Å². The Labute approximate surface area is 168 Å². The molecule has 0 heterocycles. The predicted molar refractivity (Wildman–Crippen MR) is 106 cm³/mol. The van der Waals surface area contributed by atoms with Gasteiger partial charge in [-0.3, -0.25) is 4.79 Å². The molecule has 0 fully saturated rings. The van der Waals surface area contributed by atoms with Crippen LogP contribution in [0.2, 0.25) is 5.02 Å². The van der Waals surface area contributed by atoms with E-state index in [0.717, 1.165) is 6.26 Å². The number of nitrogens with two attached hydrogens (primary N) is 1. The van der Waals surface area contributed by atoms with Crippen molar-refractivity contribution in [1.29, 1.82) is 0 Å². The third-order valence-electron chi connectivity index (χ3n) is 3.77. The molecule has 1 amide bonds. The summed E-state index contributed by atoms with van der Waals surface area (Å²) in [7, 11) is -2.11. The lowest BCUT2D eigenvalue weighted by atomic mass is 10.0. The van der Waals surface area contributed by atoms with Crippen LogP contribution < -0.4 is 20.5 Å². The fourth-order valence-corrected chi connectivity index (χ4v) is 3.32. The first kappa shape index (κ1) is 21.8. The Morgan fingerprint density at radius 1 is 1.29 bits per heavy atom. The van der Waals surface area contributed by atoms with Crippen molar-refractivity contribution in [3.63, 3.8) is 0 Å². The number of nitrogens with one attached hydrogen (secondary N) is 1. The number of benzene rings is 2. The molecule has 2 rings (SSSR count). The number of amides is 1. The zero-order valence-corrected chi connectivity index (χ0v) is 16.9. The maximum absolute atomic E-state index is 12.1. The summed E-state index contributed by atoms with van der Waals surface area (Å²) in [5, 5.41) is 12.3. The Morgan fingerprint density at radius 2 is 2.00 bits per heavy atom. The van der Waals surface area contributed by atoms with Gasteiger partial charge in [-0.15, -0.1) is 0 Å². The van der Waals surface area contributed by atoms with Gasteiger partial charge in [-0.05, 0) is 24.3 Å². The fourth-order valence-electron chi connectivity index (χ4n) is 2.48. The van der Waals surface area contributed by atoms with Gasteiger partial charge in [0, 0.05) is 28.6 Å². The molecular formula is C18H21ClN2O6S. The molecule has 0 bridgehead atoms. The number of hydrogen-bond acceptors (Lipinski definition) is 7. The lowest BCUT2D eigenvalue weighted by Crippen LogP contribution is -2.28. The number of rotatable bonds is 9. The van der Waals surface area contributed by atoms with E-state index < -0.39 is 21.8 Å². The normalized spacial score (nSPS) is 12.3. The van der Waals surface area contributed by atoms with Gasteiger partial charge in [0.05, 0.1) is 18.6 Å². The Balaban J connectivity index is 2.49. The van der Waals surface area contributed by atoms with Gasteiger partial charge < -0.3 is 25.6 Å². The van der Waals surface area contributed by atoms with Crippen molar-refractivity contribution >= 4 is 33.0 Å². The fraction of sp³-hybridized carbons (Fsp3) is 0.278. The highest BCUT2D eigenvalue weighted by molar-refractivity contribution is 7.90. The lowest BCUT2D eigenvalue weighted by Gasteiger charge is -2.21. The number of hydrogen-bond donors (Lipinski definition) is 3. The third kappa shape index (κ3) is 5.51. The number of ether oxygens (including phenoxy) is 2. The van der Waals surface area contributed by atoms with Crippen molar-refractivity contribution in [3.05, 3.63) is 47.0 Å². The molecule has 0 saturated carbocycles. The standard InChI is InChI=1S/C18H21ClN2O6S/c1-26-13-8-12(9-14(10-13)28(2,24)25)21-17(18(20)23)15-4-3-11(19)7-16(15)27-6-5-22/h3-4,7-10,17,21-22H,5-6H2,1-2H3,(H2,20,23). The quantitative estimate of drug-likeness (QED) is 0.555. The second-order valence-corrected chi connectivity index (χ2v) is 8.36. The summed E-state index contributed by atoms with van der Waals surface area (Å²) in [6.07, 6.45) is 1.07. The second kappa shape index (κ2) is 9.13. The van der Waals surface area contributed by atoms with E-state index in [0.29, 0.717) is 22.0 Å². The van der Waals surface area contributed by atoms with Crippen LogP contribution in [0.5, 0.6) is 11.5 Å². The van der Waals surface area contributed by atoms with E-state index >= 15 is 0 Å². The largest absolute Gasteiger partial charge is 0.497 e. The van der Waals surface area contributed by atoms with Crippen molar-refractivity contribution in [2.75, 3.05) is 31.9 Å². The number of aliphatic hydroxyl groups excluding tert-OH is 1. The Bertz CT molecular complexity index is 965. The highest BCUT2D eigenvalue weighted by Crippen LogP contribution is 2.32. The Morgan fingerprint density at radius 3 is 2.57 bits per heavy atom. The van der Waals surface area contributed by atoms with Gasteiger partial charge in [-0.25, -0.2) is 8.42 Å². The number of carbonyl (C=O) groups is 1. The number of anilines is 1. The first-order valence-electron chi connectivity index (χ1n) is 8.13. The molecule has 0 aromatic heterocycles. The van der Waals surface area contributed by atoms with Crippen molar-refractivity contribution in [2.24, 2.45) is 5.73 Å². The van der Waals surface area contributed by atoms with E-state index in [1.54, 1.807) is 12.1 Å². The van der Waals surface area contributed by atoms with Gasteiger partial charge in [-0.1, -0.05) is 17.7 Å². The maximum Gasteiger partial charge on any atom is 0.244 e. The Hall–Kier alpha value is -2.49. The molecular weight excluding hydrogens is 408 g/mol. The number of sulfone groups is 1. The summed E-state index contributed by atoms with van der Waals surface area (Å²) in [6, 6.07) is 7.86. The van der Waals surface area contributed by atoms with Gasteiger partial charge in [0.15, 0.2) is 9.84 Å². The summed E-state index contributed by atoms with van der Waals surface area (Å²) in [4.78, 5) is 12.1. The monoisotopic (exact) mass is 428 g/mol. The molecule has 0 saturated heterocycles. The number of aliphatic hydroxyl groups is 1. The molecule has 0 radical (unpaired) electrons. The molecule has 0 aliphatic carbocycles. The van der Waals surface area contributed by atoms with Gasteiger partial charge in [0.1, 0.15) is 24.1 Å². The number of halogens is 1. The van der Waals surface area contributed by atoms with Crippen LogP contribution in [0.25, 0.3) is 0 Å². The van der Waals surface area contributed by atoms with E-state index in [1.807, 2.05) is 0 Å². The molecule has 0 aliphatic heterocycles. The molecule has 1 atom stereocenters. The van der Waals surface area contributed by atoms with Crippen molar-refractivity contribution in [2.45, 2.75) is 10.9 Å². The molecule has 152 valence electrons. The van der Waals surface area contributed by atoms with E-state index in [-0.39, 0.29) is 23.9 Å². The number of carbonyl (C=O) groups excluding carboxylic acids is 1. The average Bonchev–Trinajstić information content (AvgIpc) is 2.63. The first-order chi connectivity index (χ1) is 13.2. The molecule has 0 spiro atoms. The van der Waals surface area contributed by atoms with Crippen molar-refractivity contribution < 1.29 is 27.8 Å². The molecule has 4 N–H and O–H groups in total. The van der Waals surface area contributed by atoms with Crippen LogP contribution in [0, 0.1) is 0 Å². The molecule has 2 aromatic carbocycles. The van der Waals surface area contributed by atoms with Gasteiger partial charge in [0.2, 0.25) is 5.91 Å². The lowest BCUT2D eigenvalue weighted by molar-refractivity contribution is -0.118. The molecule has 10 heteroatoms. The average molecular weight is 429 g/mol. The van der Waals surface area contributed by atoms with Gasteiger partial charge >= 0.3 is 0 Å². The first-order valence-corrected chi connectivity index (χ1v) is 10.4. The van der Waals surface area contributed by atoms with Crippen LogP contribution in [0.3, 0.4) is 0 Å². The summed E-state index contributed by atoms with van der Waals surface area (Å²) in [5.74, 6) is -0.162. The van der Waals surface area contributed by atoms with E-state index in [1.165, 1.54) is 31.4 Å². The molecule has 2 aromatic rings. The summed E-state index contributed by atoms with van der Waals surface area (Å²) in [6.45, 7) is -0.232. The maximum atomic E-state index is 12.1. The second-order valence-electron chi connectivity index (χ2n) is 5.90. The van der Waals surface area contributed by atoms with Gasteiger partial charge in [0.25, 0.3) is 0 Å². The Kier molecular flexibility index (Phi) is 7.11. The van der Waals surface area contributed by atoms with Crippen molar-refractivity contribution in [3.8, 4) is 11.5 Å².